The number of halogens is 1. The van der Waals surface area contributed by atoms with E-state index in [0.717, 1.165) is 10.9 Å². The van der Waals surface area contributed by atoms with Crippen molar-refractivity contribution < 1.29 is 43.2 Å². The quantitative estimate of drug-likeness (QED) is 0.0395. The molecule has 0 spiro atoms. The molecule has 1 aromatic heterocycles. The Hall–Kier alpha value is -8.09. The molecule has 26 heteroatoms. The van der Waals surface area contributed by atoms with Crippen LogP contribution < -0.4 is 66.7 Å². The molecule has 6 amide bonds. The van der Waals surface area contributed by atoms with Crippen LogP contribution in [0.5, 0.6) is 0 Å². The number of nitrogens with zero attached hydrogens (tertiary/aromatic N) is 3. The van der Waals surface area contributed by atoms with Crippen LogP contribution in [0.2, 0.25) is 5.02 Å². The van der Waals surface area contributed by atoms with E-state index >= 15 is 0 Å². The lowest BCUT2D eigenvalue weighted by Gasteiger charge is -2.27. The maximum absolute atomic E-state index is 14.9. The van der Waals surface area contributed by atoms with Gasteiger partial charge in [0.1, 0.15) is 35.7 Å². The number of aromatic nitrogens is 1. The summed E-state index contributed by atoms with van der Waals surface area (Å²) in [5.74, 6) is -8.59. The molecule has 2 heterocycles. The number of amides is 6. The average Bonchev–Trinajstić information content (AvgIpc) is 3.81. The van der Waals surface area contributed by atoms with E-state index in [2.05, 4.69) is 46.5 Å². The van der Waals surface area contributed by atoms with Gasteiger partial charge in [-0.2, -0.15) is 0 Å². The molecular formula is C53H77ClN16O9. The smallest absolute Gasteiger partial charge is 0.243 e. The van der Waals surface area contributed by atoms with Crippen LogP contribution >= 0.6 is 11.6 Å². The third-order valence-corrected chi connectivity index (χ3v) is 13.6. The summed E-state index contributed by atoms with van der Waals surface area (Å²) in [6.45, 7) is 1.46. The van der Waals surface area contributed by atoms with Gasteiger partial charge in [-0.3, -0.25) is 58.1 Å². The number of carbonyl (C=O) groups excluding carboxylic acids is 9. The number of aliphatic imine (C=N–C) groups is 3. The SMILES string of the molecule is CC(=O)N[C@@H](CCCN=C(N)N)C(=O)N[C@H]1CCC(=O)CCCC[C@@H](C(N)=O)NC(=O)[C@H](Cc2c[nH]c3ccccc23)CC(=O)[C@H](CCCN=C(N)N)CC(=O)[C@@H](Cc2cccc(Cl)c2)NC(=O)[C@H](CCCN=C(N)N)NC1=O. The van der Waals surface area contributed by atoms with Crippen molar-refractivity contribution in [1.82, 2.24) is 31.6 Å². The first kappa shape index (κ1) is 63.4. The zero-order chi connectivity index (χ0) is 58.0. The fourth-order valence-corrected chi connectivity index (χ4v) is 9.45. The van der Waals surface area contributed by atoms with Gasteiger partial charge < -0.3 is 71.7 Å². The van der Waals surface area contributed by atoms with Crippen molar-refractivity contribution in [3.8, 4) is 0 Å². The number of para-hydroxylation sites is 1. The van der Waals surface area contributed by atoms with Crippen molar-refractivity contribution in [2.45, 2.75) is 140 Å². The summed E-state index contributed by atoms with van der Waals surface area (Å²) in [5, 5.41) is 14.6. The van der Waals surface area contributed by atoms with E-state index in [-0.39, 0.29) is 140 Å². The summed E-state index contributed by atoms with van der Waals surface area (Å²) in [5.41, 5.74) is 41.2. The van der Waals surface area contributed by atoms with Crippen molar-refractivity contribution in [1.29, 1.82) is 0 Å². The fraction of sp³-hybridized carbons (Fsp3) is 0.509. The second kappa shape index (κ2) is 32.6. The Morgan fingerprint density at radius 2 is 1.33 bits per heavy atom. The van der Waals surface area contributed by atoms with E-state index in [0.29, 0.717) is 16.1 Å². The average molecular weight is 1120 g/mol. The number of H-pyrrole nitrogens is 1. The minimum Gasteiger partial charge on any atom is -0.370 e. The highest BCUT2D eigenvalue weighted by Crippen LogP contribution is 2.27. The van der Waals surface area contributed by atoms with Gasteiger partial charge >= 0.3 is 0 Å². The van der Waals surface area contributed by atoms with Gasteiger partial charge in [-0.15, -0.1) is 0 Å². The second-order valence-electron chi connectivity index (χ2n) is 19.7. The Labute approximate surface area is 463 Å². The largest absolute Gasteiger partial charge is 0.370 e. The van der Waals surface area contributed by atoms with Gasteiger partial charge in [-0.05, 0) is 100.0 Å². The first-order chi connectivity index (χ1) is 37.6. The molecule has 1 fully saturated rings. The number of hydrogen-bond acceptors (Lipinski definition) is 12. The van der Waals surface area contributed by atoms with Crippen LogP contribution in [0.4, 0.5) is 0 Å². The third kappa shape index (κ3) is 22.8. The van der Waals surface area contributed by atoms with Gasteiger partial charge in [-0.1, -0.05) is 48.4 Å². The highest BCUT2D eigenvalue weighted by molar-refractivity contribution is 6.30. The number of guanidine groups is 3. The Kier molecular flexibility index (Phi) is 26.2. The Morgan fingerprint density at radius 3 is 1.99 bits per heavy atom. The van der Waals surface area contributed by atoms with Gasteiger partial charge in [0.05, 0.1) is 6.04 Å². The molecule has 1 aliphatic rings. The maximum atomic E-state index is 14.9. The summed E-state index contributed by atoms with van der Waals surface area (Å²) < 4.78 is 0. The lowest BCUT2D eigenvalue weighted by molar-refractivity contribution is -0.135. The van der Waals surface area contributed by atoms with Crippen LogP contribution in [-0.4, -0.2) is 125 Å². The van der Waals surface area contributed by atoms with Crippen LogP contribution in [0, 0.1) is 11.8 Å². The lowest BCUT2D eigenvalue weighted by Crippen LogP contribution is -2.58. The van der Waals surface area contributed by atoms with Crippen molar-refractivity contribution in [3.05, 3.63) is 70.9 Å². The third-order valence-electron chi connectivity index (χ3n) is 13.3. The summed E-state index contributed by atoms with van der Waals surface area (Å²) in [6, 6.07) is 7.42. The minimum absolute atomic E-state index is 0.0266. The summed E-state index contributed by atoms with van der Waals surface area (Å²) in [4.78, 5) is 141. The number of Topliss-reactive ketones (excluding diaryl/α,β-unsaturated/α-hetero) is 3. The zero-order valence-corrected chi connectivity index (χ0v) is 45.4. The Morgan fingerprint density at radius 1 is 0.684 bits per heavy atom. The predicted octanol–water partition coefficient (Wildman–Crippen LogP) is -0.229. The number of fused-ring (bicyclic) bond motifs is 1. The molecule has 430 valence electrons. The highest BCUT2D eigenvalue weighted by Gasteiger charge is 2.35. The van der Waals surface area contributed by atoms with Crippen LogP contribution in [0.1, 0.15) is 108 Å². The van der Waals surface area contributed by atoms with E-state index in [1.165, 1.54) is 6.92 Å². The first-order valence-electron chi connectivity index (χ1n) is 26.4. The minimum atomic E-state index is -1.46. The Balaban J connectivity index is 1.82. The number of hydrogen-bond donors (Lipinski definition) is 13. The first-order valence-corrected chi connectivity index (χ1v) is 26.8. The molecule has 79 heavy (non-hydrogen) atoms. The number of carbonyl (C=O) groups is 9. The molecule has 1 saturated heterocycles. The van der Waals surface area contributed by atoms with Crippen LogP contribution in [0.15, 0.2) is 69.7 Å². The molecule has 2 aromatic carbocycles. The van der Waals surface area contributed by atoms with Crippen molar-refractivity contribution >= 4 is 93.2 Å². The number of nitrogens with one attached hydrogen (secondary N) is 6. The number of benzene rings is 2. The van der Waals surface area contributed by atoms with Crippen LogP contribution in [0.25, 0.3) is 10.9 Å². The number of aromatic amines is 1. The molecular weight excluding hydrogens is 1040 g/mol. The van der Waals surface area contributed by atoms with Crippen molar-refractivity contribution in [3.63, 3.8) is 0 Å². The number of nitrogens with two attached hydrogens (primary N) is 7. The molecule has 0 saturated carbocycles. The lowest BCUT2D eigenvalue weighted by atomic mass is 9.83. The summed E-state index contributed by atoms with van der Waals surface area (Å²) in [7, 11) is 0. The fourth-order valence-electron chi connectivity index (χ4n) is 9.24. The molecule has 0 aliphatic carbocycles. The monoisotopic (exact) mass is 1120 g/mol. The second-order valence-corrected chi connectivity index (χ2v) is 20.1. The van der Waals surface area contributed by atoms with Crippen LogP contribution in [-0.2, 0) is 56.0 Å². The van der Waals surface area contributed by atoms with Gasteiger partial charge in [0.25, 0.3) is 0 Å². The predicted molar refractivity (Wildman–Crippen MR) is 300 cm³/mol. The topological polar surface area (TPSA) is 449 Å². The molecule has 1 aliphatic heterocycles. The Bertz CT molecular complexity index is 2700. The van der Waals surface area contributed by atoms with Gasteiger partial charge in [0.15, 0.2) is 23.7 Å². The molecule has 3 aromatic rings. The zero-order valence-electron chi connectivity index (χ0n) is 44.6. The van der Waals surface area contributed by atoms with Gasteiger partial charge in [-0.25, -0.2) is 0 Å². The van der Waals surface area contributed by atoms with Gasteiger partial charge in [0, 0.05) is 86.2 Å². The van der Waals surface area contributed by atoms with E-state index in [4.69, 9.17) is 51.7 Å². The standard InChI is InChI=1S/C53H77ClN16O9/c1-30(71)66-40(17-8-22-63-52(58)59)48(77)69-42-20-19-36(72)13-2-4-16-39(46(55)75)67-47(76)33(26-34-29-65-38-15-5-3-14-37(34)38)28-44(73)32(11-7-21-62-51(56)57)27-45(74)43(25-31-10-6-12-35(54)24-31)70-49(78)41(68-50(42)79)18-9-23-64-53(60)61/h3,5-6,10,12,14-15,24,29,32-33,39-43,65H,2,4,7-9,11,13,16-23,25-28H2,1H3,(H2,55,75)(H,66,71)(H,67,76)(H,68,79)(H,69,77)(H,70,78)(H4,56,57,62)(H4,58,59,63)(H4,60,61,64)/t32-,33-,39+,40+,41+,42+,43-/m1/s1. The van der Waals surface area contributed by atoms with E-state index < -0.39 is 95.5 Å². The molecule has 0 bridgehead atoms. The molecule has 20 N–H and O–H groups in total. The van der Waals surface area contributed by atoms with Gasteiger partial charge in [0.2, 0.25) is 35.4 Å². The number of ketones is 3. The maximum Gasteiger partial charge on any atom is 0.243 e. The van der Waals surface area contributed by atoms with Crippen molar-refractivity contribution in [2.75, 3.05) is 19.6 Å². The van der Waals surface area contributed by atoms with E-state index in [1.54, 1.807) is 30.5 Å². The highest BCUT2D eigenvalue weighted by atomic mass is 35.5. The molecule has 0 unspecified atom stereocenters. The molecule has 0 radical (unpaired) electrons. The van der Waals surface area contributed by atoms with E-state index in [9.17, 15) is 43.2 Å². The van der Waals surface area contributed by atoms with Crippen LogP contribution in [0.3, 0.4) is 0 Å². The summed E-state index contributed by atoms with van der Waals surface area (Å²) >= 11 is 6.39. The van der Waals surface area contributed by atoms with Crippen molar-refractivity contribution in [2.24, 2.45) is 66.9 Å². The molecule has 4 rings (SSSR count). The number of rotatable bonds is 20. The molecule has 25 nitrogen and oxygen atoms in total. The van der Waals surface area contributed by atoms with E-state index in [1.807, 2.05) is 24.3 Å². The molecule has 7 atom stereocenters. The summed E-state index contributed by atoms with van der Waals surface area (Å²) in [6.07, 6.45) is 1.53. The normalized spacial score (nSPS) is 20.8. The number of primary amides is 1.